The Hall–Kier alpha value is -10.2. The number of aliphatic imine (C=N–C) groups is 1. The molecule has 13 rings (SSSR count). The molecule has 9 heterocycles. The fourth-order valence-corrected chi connectivity index (χ4v) is 10.9. The van der Waals surface area contributed by atoms with E-state index in [0.717, 1.165) is 67.4 Å². The van der Waals surface area contributed by atoms with Gasteiger partial charge in [-0.3, -0.25) is 29.1 Å². The number of aromatic nitrogens is 12. The molecule has 1 fully saturated rings. The third-order valence-electron chi connectivity index (χ3n) is 15.5. The highest BCUT2D eigenvalue weighted by Crippen LogP contribution is 2.38. The number of benzene rings is 4. The van der Waals surface area contributed by atoms with Crippen LogP contribution in [0.25, 0.3) is 45.1 Å². The van der Waals surface area contributed by atoms with Crippen LogP contribution in [0, 0.1) is 37.1 Å². The van der Waals surface area contributed by atoms with Crippen molar-refractivity contribution in [1.82, 2.24) is 59.0 Å². The number of ketones is 2. The van der Waals surface area contributed by atoms with Crippen LogP contribution >= 0.6 is 12.4 Å². The standard InChI is InChI=1S/C35H28F5N7O2.C31H21F5N6O.CH4.ClH/c1-20-16-45-47(17-20)24-12-22(11-23(14-24)35(38,39)40)29(48)13-21-7-8-27(36)26(31(21)37)15-28-25(5-4-9-41-28)32-33-34(43-18-42-32)46(19-44-33)30-6-2-3-10-49-30;1-17-14-41-42(15-17)21-10-19(9-20(12-21)31(34,35)36)27(43)11-18-4-5-24(32)23(28(18)33)13-26-22(3-2-7-37-26)29-30-25(6-8-38-30)39-16-40-29;;/h4-5,7-9,11-12,14,16-19,30H,2-3,6,10,13,15H2,1H3;2-5,7-10,12,14-16H,6,11,13H2,1H3;1H4;1H. The fourth-order valence-electron chi connectivity index (χ4n) is 10.9. The first-order valence-corrected chi connectivity index (χ1v) is 28.6. The number of aryl methyl sites for hydroxylation is 2. The molecular weight excluding hydrogens is 1260 g/mol. The van der Waals surface area contributed by atoms with Gasteiger partial charge >= 0.3 is 12.4 Å². The average Bonchev–Trinajstić information content (AvgIpc) is 1.48. The molecule has 0 bridgehead atoms. The van der Waals surface area contributed by atoms with Gasteiger partial charge in [-0.1, -0.05) is 19.6 Å². The maximum absolute atomic E-state index is 16.0. The second-order valence-electron chi connectivity index (χ2n) is 21.9. The molecule has 27 heteroatoms. The van der Waals surface area contributed by atoms with Gasteiger partial charge < -0.3 is 4.74 Å². The summed E-state index contributed by atoms with van der Waals surface area (Å²) in [5.74, 6) is -5.26. The van der Waals surface area contributed by atoms with E-state index in [1.165, 1.54) is 71.3 Å². The van der Waals surface area contributed by atoms with Crippen LogP contribution in [0.4, 0.5) is 49.6 Å². The molecule has 0 radical (unpaired) electrons. The smallest absolute Gasteiger partial charge is 0.358 e. The molecular formula is C67H54ClF10N13O3. The van der Waals surface area contributed by atoms with Crippen LogP contribution in [0.15, 0.2) is 146 Å². The Bertz CT molecular complexity index is 4690. The lowest BCUT2D eigenvalue weighted by atomic mass is 9.95. The molecule has 1 unspecified atom stereocenters. The van der Waals surface area contributed by atoms with Gasteiger partial charge in [-0.25, -0.2) is 51.8 Å². The minimum absolute atomic E-state index is 0. The van der Waals surface area contributed by atoms with E-state index < -0.39 is 71.2 Å². The van der Waals surface area contributed by atoms with Gasteiger partial charge in [0, 0.05) is 103 Å². The van der Waals surface area contributed by atoms with Crippen molar-refractivity contribution in [2.75, 3.05) is 6.61 Å². The number of pyridine rings is 2. The van der Waals surface area contributed by atoms with Gasteiger partial charge in [0.05, 0.1) is 58.3 Å². The van der Waals surface area contributed by atoms with Crippen LogP contribution < -0.4 is 0 Å². The van der Waals surface area contributed by atoms with E-state index in [1.54, 1.807) is 50.7 Å². The second kappa shape index (κ2) is 27.5. The molecule has 94 heavy (non-hydrogen) atoms. The van der Waals surface area contributed by atoms with E-state index in [-0.39, 0.29) is 83.7 Å². The number of hydrogen-bond donors (Lipinski definition) is 0. The average molecular weight is 1310 g/mol. The third kappa shape index (κ3) is 14.1. The van der Waals surface area contributed by atoms with Crippen LogP contribution in [-0.2, 0) is 49.2 Å². The number of halogens is 11. The molecule has 0 amide bonds. The summed E-state index contributed by atoms with van der Waals surface area (Å²) in [7, 11) is 0. The van der Waals surface area contributed by atoms with Crippen molar-refractivity contribution in [3.05, 3.63) is 237 Å². The molecule has 1 saturated heterocycles. The summed E-state index contributed by atoms with van der Waals surface area (Å²) in [6.07, 6.45) is 6.87. The first kappa shape index (κ1) is 66.7. The first-order chi connectivity index (χ1) is 44.1. The van der Waals surface area contributed by atoms with E-state index in [9.17, 15) is 35.9 Å². The third-order valence-corrected chi connectivity index (χ3v) is 15.5. The number of carbonyl (C=O) groups is 2. The lowest BCUT2D eigenvalue weighted by Crippen LogP contribution is -2.17. The molecule has 0 N–H and O–H groups in total. The van der Waals surface area contributed by atoms with Crippen molar-refractivity contribution >= 4 is 47.0 Å². The number of imidazole rings is 1. The van der Waals surface area contributed by atoms with Gasteiger partial charge in [0.1, 0.15) is 64.7 Å². The van der Waals surface area contributed by atoms with E-state index in [1.807, 2.05) is 4.57 Å². The SMILES string of the molecule is C.Cc1cnn(-c2cc(C(=O)Cc3ccc(F)c(Cc4ncccc4-c4ncnc5c4N=CC5)c3F)cc(C(F)(F)F)c2)c1.Cc1cnn(-c2cc(C(=O)Cc3ccc(F)c(Cc4ncccc4-c4ncnc5c4ncn5C4CCCCO4)c3F)cc(C(F)(F)F)c2)c1.Cl. The Balaban J connectivity index is 0.000000203. The summed E-state index contributed by atoms with van der Waals surface area (Å²) in [5, 5.41) is 8.08. The molecule has 482 valence electrons. The molecule has 7 aromatic heterocycles. The number of Topliss-reactive ketones (excluding diaryl/α,β-unsaturated/α-hetero) is 2. The molecule has 4 aromatic carbocycles. The van der Waals surface area contributed by atoms with Gasteiger partial charge in [-0.15, -0.1) is 12.4 Å². The Morgan fingerprint density at radius 1 is 0.617 bits per heavy atom. The van der Waals surface area contributed by atoms with E-state index >= 15 is 17.6 Å². The zero-order valence-corrected chi connectivity index (χ0v) is 49.8. The van der Waals surface area contributed by atoms with Crippen LogP contribution in [0.3, 0.4) is 0 Å². The number of fused-ring (bicyclic) bond motifs is 2. The molecule has 0 aliphatic carbocycles. The molecule has 0 spiro atoms. The van der Waals surface area contributed by atoms with Crippen molar-refractivity contribution in [2.24, 2.45) is 4.99 Å². The number of ether oxygens (including phenoxy) is 1. The molecule has 11 aromatic rings. The zero-order valence-electron chi connectivity index (χ0n) is 49.0. The number of alkyl halides is 6. The Morgan fingerprint density at radius 2 is 1.14 bits per heavy atom. The maximum Gasteiger partial charge on any atom is 0.416 e. The number of rotatable bonds is 15. The van der Waals surface area contributed by atoms with Gasteiger partial charge in [-0.2, -0.15) is 36.5 Å². The monoisotopic (exact) mass is 1310 g/mol. The molecule has 16 nitrogen and oxygen atoms in total. The van der Waals surface area contributed by atoms with Crippen molar-refractivity contribution in [1.29, 1.82) is 0 Å². The predicted molar refractivity (Wildman–Crippen MR) is 329 cm³/mol. The van der Waals surface area contributed by atoms with E-state index in [2.05, 4.69) is 50.1 Å². The van der Waals surface area contributed by atoms with Crippen LogP contribution in [0.1, 0.15) is 115 Å². The van der Waals surface area contributed by atoms with Gasteiger partial charge in [0.25, 0.3) is 0 Å². The lowest BCUT2D eigenvalue weighted by molar-refractivity contribution is -0.138. The highest BCUT2D eigenvalue weighted by Gasteiger charge is 2.34. The zero-order chi connectivity index (χ0) is 64.6. The van der Waals surface area contributed by atoms with Crippen molar-refractivity contribution < 1.29 is 58.2 Å². The Labute approximate surface area is 536 Å². The summed E-state index contributed by atoms with van der Waals surface area (Å²) in [4.78, 5) is 61.7. The summed E-state index contributed by atoms with van der Waals surface area (Å²) in [6, 6.07) is 16.8. The number of nitrogens with zero attached hydrogens (tertiary/aromatic N) is 13. The molecule has 0 saturated carbocycles. The van der Waals surface area contributed by atoms with Crippen molar-refractivity contribution in [2.45, 2.75) is 91.2 Å². The largest absolute Gasteiger partial charge is 0.416 e. The van der Waals surface area contributed by atoms with Crippen molar-refractivity contribution in [3.63, 3.8) is 0 Å². The Morgan fingerprint density at radius 3 is 1.64 bits per heavy atom. The van der Waals surface area contributed by atoms with Gasteiger partial charge in [-0.05, 0) is 128 Å². The summed E-state index contributed by atoms with van der Waals surface area (Å²) in [5.41, 5.74) is 2.54. The minimum atomic E-state index is -4.75. The Kier molecular flexibility index (Phi) is 19.5. The van der Waals surface area contributed by atoms with Crippen LogP contribution in [-0.4, -0.2) is 83.4 Å². The topological polar surface area (TPSA) is 187 Å². The minimum Gasteiger partial charge on any atom is -0.358 e. The van der Waals surface area contributed by atoms with Crippen LogP contribution in [0.5, 0.6) is 0 Å². The molecule has 2 aliphatic rings. The fraction of sp³-hybridized carbons (Fsp3) is 0.224. The first-order valence-electron chi connectivity index (χ1n) is 28.6. The van der Waals surface area contributed by atoms with E-state index in [0.29, 0.717) is 81.0 Å². The number of hydrogen-bond acceptors (Lipinski definition) is 13. The van der Waals surface area contributed by atoms with Gasteiger partial charge in [0.15, 0.2) is 17.2 Å². The summed E-state index contributed by atoms with van der Waals surface area (Å²) >= 11 is 0. The maximum atomic E-state index is 16.0. The molecule has 2 aliphatic heterocycles. The number of carbonyl (C=O) groups excluding carboxylic acids is 2. The summed E-state index contributed by atoms with van der Waals surface area (Å²) < 4.78 is 155. The molecule has 1 atom stereocenters. The normalized spacial score (nSPS) is 13.6. The predicted octanol–water partition coefficient (Wildman–Crippen LogP) is 15.1. The van der Waals surface area contributed by atoms with E-state index in [4.69, 9.17) is 4.74 Å². The summed E-state index contributed by atoms with van der Waals surface area (Å²) in [6.45, 7) is 4.07. The lowest BCUT2D eigenvalue weighted by Gasteiger charge is -2.23. The highest BCUT2D eigenvalue weighted by atomic mass is 35.5. The quantitative estimate of drug-likeness (QED) is 0.0699. The highest BCUT2D eigenvalue weighted by molar-refractivity contribution is 5.99. The second-order valence-corrected chi connectivity index (χ2v) is 21.9. The van der Waals surface area contributed by atoms with Gasteiger partial charge in [0.2, 0.25) is 0 Å². The van der Waals surface area contributed by atoms with Crippen molar-refractivity contribution in [3.8, 4) is 33.9 Å². The van der Waals surface area contributed by atoms with Crippen LogP contribution in [0.2, 0.25) is 0 Å².